The maximum absolute atomic E-state index is 11.8. The third-order valence-corrected chi connectivity index (χ3v) is 3.61. The third kappa shape index (κ3) is 6.14. The number of amides is 1. The van der Waals surface area contributed by atoms with Crippen LogP contribution in [-0.2, 0) is 4.79 Å². The Morgan fingerprint density at radius 2 is 2.15 bits per heavy atom. The van der Waals surface area contributed by atoms with E-state index in [2.05, 4.69) is 26.2 Å². The Kier molecular flexibility index (Phi) is 7.22. The standard InChI is InChI=1S/C14H19BrN2O3/c1-2-10(3-6-13(18)19)7-8-16-14(20)12-5-4-11(15)9-17-12/h4-5,9-10H,2-3,6-8H2,1H3,(H,16,20)(H,18,19). The Morgan fingerprint density at radius 3 is 2.70 bits per heavy atom. The molecule has 20 heavy (non-hydrogen) atoms. The highest BCUT2D eigenvalue weighted by Gasteiger charge is 2.11. The zero-order chi connectivity index (χ0) is 15.0. The summed E-state index contributed by atoms with van der Waals surface area (Å²) in [5.74, 6) is -0.651. The fraction of sp³-hybridized carbons (Fsp3) is 0.500. The van der Waals surface area contributed by atoms with Crippen LogP contribution < -0.4 is 5.32 Å². The summed E-state index contributed by atoms with van der Waals surface area (Å²) in [5, 5.41) is 11.5. The molecule has 5 nitrogen and oxygen atoms in total. The van der Waals surface area contributed by atoms with Gasteiger partial charge in [-0.05, 0) is 46.8 Å². The SMILES string of the molecule is CCC(CCNC(=O)c1ccc(Br)cn1)CCC(=O)O. The van der Waals surface area contributed by atoms with E-state index in [4.69, 9.17) is 5.11 Å². The van der Waals surface area contributed by atoms with Crippen molar-refractivity contribution in [2.75, 3.05) is 6.54 Å². The number of hydrogen-bond acceptors (Lipinski definition) is 3. The first-order chi connectivity index (χ1) is 9.52. The number of pyridine rings is 1. The largest absolute Gasteiger partial charge is 0.481 e. The van der Waals surface area contributed by atoms with Gasteiger partial charge in [-0.3, -0.25) is 9.59 Å². The first kappa shape index (κ1) is 16.6. The molecular formula is C14H19BrN2O3. The summed E-state index contributed by atoms with van der Waals surface area (Å²) >= 11 is 3.26. The number of rotatable bonds is 8. The van der Waals surface area contributed by atoms with Gasteiger partial charge < -0.3 is 10.4 Å². The van der Waals surface area contributed by atoms with E-state index in [0.717, 1.165) is 17.3 Å². The number of hydrogen-bond donors (Lipinski definition) is 2. The summed E-state index contributed by atoms with van der Waals surface area (Å²) in [6, 6.07) is 3.42. The van der Waals surface area contributed by atoms with Gasteiger partial charge in [0.2, 0.25) is 0 Å². The van der Waals surface area contributed by atoms with Crippen LogP contribution in [0.25, 0.3) is 0 Å². The normalized spacial score (nSPS) is 11.9. The molecule has 110 valence electrons. The predicted molar refractivity (Wildman–Crippen MR) is 79.5 cm³/mol. The lowest BCUT2D eigenvalue weighted by Gasteiger charge is -2.13. The lowest BCUT2D eigenvalue weighted by Crippen LogP contribution is -2.26. The Bertz CT molecular complexity index is 448. The van der Waals surface area contributed by atoms with Crippen molar-refractivity contribution in [3.8, 4) is 0 Å². The molecule has 0 bridgehead atoms. The van der Waals surface area contributed by atoms with E-state index in [1.807, 2.05) is 6.92 Å². The van der Waals surface area contributed by atoms with Gasteiger partial charge >= 0.3 is 5.97 Å². The van der Waals surface area contributed by atoms with Gasteiger partial charge in [0, 0.05) is 23.6 Å². The molecule has 0 fully saturated rings. The second-order valence-electron chi connectivity index (χ2n) is 4.61. The number of nitrogens with zero attached hydrogens (tertiary/aromatic N) is 1. The maximum Gasteiger partial charge on any atom is 0.303 e. The van der Waals surface area contributed by atoms with Crippen molar-refractivity contribution in [3.63, 3.8) is 0 Å². The second-order valence-corrected chi connectivity index (χ2v) is 5.53. The molecule has 1 heterocycles. The van der Waals surface area contributed by atoms with Gasteiger partial charge in [-0.1, -0.05) is 13.3 Å². The molecule has 1 rings (SSSR count). The minimum atomic E-state index is -0.772. The van der Waals surface area contributed by atoms with Crippen LogP contribution in [0.3, 0.4) is 0 Å². The number of carbonyl (C=O) groups is 2. The van der Waals surface area contributed by atoms with Gasteiger partial charge in [0.15, 0.2) is 0 Å². The van der Waals surface area contributed by atoms with E-state index in [1.165, 1.54) is 0 Å². The zero-order valence-corrected chi connectivity index (χ0v) is 13.0. The first-order valence-electron chi connectivity index (χ1n) is 6.64. The topological polar surface area (TPSA) is 79.3 Å². The van der Waals surface area contributed by atoms with Crippen LogP contribution >= 0.6 is 15.9 Å². The highest BCUT2D eigenvalue weighted by Crippen LogP contribution is 2.14. The molecule has 0 aliphatic rings. The molecule has 6 heteroatoms. The van der Waals surface area contributed by atoms with Crippen molar-refractivity contribution in [1.82, 2.24) is 10.3 Å². The van der Waals surface area contributed by atoms with E-state index < -0.39 is 5.97 Å². The summed E-state index contributed by atoms with van der Waals surface area (Å²) in [6.07, 6.45) is 4.11. The Hall–Kier alpha value is -1.43. The first-order valence-corrected chi connectivity index (χ1v) is 7.43. The number of nitrogens with one attached hydrogen (secondary N) is 1. The van der Waals surface area contributed by atoms with Crippen molar-refractivity contribution in [1.29, 1.82) is 0 Å². The van der Waals surface area contributed by atoms with Crippen LogP contribution in [0, 0.1) is 5.92 Å². The highest BCUT2D eigenvalue weighted by atomic mass is 79.9. The van der Waals surface area contributed by atoms with Gasteiger partial charge in [0.1, 0.15) is 5.69 Å². The highest BCUT2D eigenvalue weighted by molar-refractivity contribution is 9.10. The average Bonchev–Trinajstić information content (AvgIpc) is 2.42. The molecule has 2 N–H and O–H groups in total. The Balaban J connectivity index is 2.33. The molecule has 1 amide bonds. The number of aromatic nitrogens is 1. The van der Waals surface area contributed by atoms with Crippen LogP contribution in [-0.4, -0.2) is 28.5 Å². The molecule has 0 aliphatic carbocycles. The fourth-order valence-electron chi connectivity index (χ4n) is 1.87. The molecule has 0 aliphatic heterocycles. The number of carboxylic acid groups (broad SMARTS) is 1. The van der Waals surface area contributed by atoms with E-state index in [9.17, 15) is 9.59 Å². The second kappa shape index (κ2) is 8.68. The van der Waals surface area contributed by atoms with Crippen LogP contribution in [0.4, 0.5) is 0 Å². The van der Waals surface area contributed by atoms with Crippen LogP contribution in [0.15, 0.2) is 22.8 Å². The van der Waals surface area contributed by atoms with Crippen molar-refractivity contribution < 1.29 is 14.7 Å². The third-order valence-electron chi connectivity index (χ3n) is 3.14. The van der Waals surface area contributed by atoms with Crippen molar-refractivity contribution in [2.24, 2.45) is 5.92 Å². The van der Waals surface area contributed by atoms with Crippen LogP contribution in [0.5, 0.6) is 0 Å². The minimum Gasteiger partial charge on any atom is -0.481 e. The number of aliphatic carboxylic acids is 1. The summed E-state index contributed by atoms with van der Waals surface area (Å²) in [7, 11) is 0. The van der Waals surface area contributed by atoms with Crippen LogP contribution in [0.2, 0.25) is 0 Å². The van der Waals surface area contributed by atoms with E-state index in [1.54, 1.807) is 18.3 Å². The van der Waals surface area contributed by atoms with Gasteiger partial charge in [-0.2, -0.15) is 0 Å². The minimum absolute atomic E-state index is 0.181. The van der Waals surface area contributed by atoms with Gasteiger partial charge in [-0.25, -0.2) is 4.98 Å². The molecule has 1 aromatic heterocycles. The molecule has 0 spiro atoms. The smallest absolute Gasteiger partial charge is 0.303 e. The predicted octanol–water partition coefficient (Wildman–Crippen LogP) is 2.86. The summed E-state index contributed by atoms with van der Waals surface area (Å²) in [5.41, 5.74) is 0.381. The van der Waals surface area contributed by atoms with E-state index >= 15 is 0 Å². The average molecular weight is 343 g/mol. The van der Waals surface area contributed by atoms with Gasteiger partial charge in [0.25, 0.3) is 5.91 Å². The molecule has 0 aromatic carbocycles. The quantitative estimate of drug-likeness (QED) is 0.761. The fourth-order valence-corrected chi connectivity index (χ4v) is 2.11. The summed E-state index contributed by atoms with van der Waals surface area (Å²) < 4.78 is 0.828. The molecule has 1 atom stereocenters. The Morgan fingerprint density at radius 1 is 1.40 bits per heavy atom. The van der Waals surface area contributed by atoms with Crippen molar-refractivity contribution in [2.45, 2.75) is 32.6 Å². The van der Waals surface area contributed by atoms with Crippen molar-refractivity contribution >= 4 is 27.8 Å². The number of carbonyl (C=O) groups excluding carboxylic acids is 1. The molecule has 1 aromatic rings. The lowest BCUT2D eigenvalue weighted by atomic mass is 9.96. The molecule has 0 saturated carbocycles. The zero-order valence-electron chi connectivity index (χ0n) is 11.4. The van der Waals surface area contributed by atoms with E-state index in [-0.39, 0.29) is 12.3 Å². The molecule has 0 saturated heterocycles. The Labute approximate surface area is 126 Å². The van der Waals surface area contributed by atoms with Crippen LogP contribution in [0.1, 0.15) is 43.1 Å². The van der Waals surface area contributed by atoms with Gasteiger partial charge in [-0.15, -0.1) is 0 Å². The lowest BCUT2D eigenvalue weighted by molar-refractivity contribution is -0.137. The molecule has 1 unspecified atom stereocenters. The monoisotopic (exact) mass is 342 g/mol. The molecule has 0 radical (unpaired) electrons. The van der Waals surface area contributed by atoms with E-state index in [0.29, 0.717) is 24.6 Å². The summed E-state index contributed by atoms with van der Waals surface area (Å²) in [6.45, 7) is 2.57. The number of carboxylic acids is 1. The maximum atomic E-state index is 11.8. The summed E-state index contributed by atoms with van der Waals surface area (Å²) in [4.78, 5) is 26.4. The molecular weight excluding hydrogens is 324 g/mol. The van der Waals surface area contributed by atoms with Crippen molar-refractivity contribution in [3.05, 3.63) is 28.5 Å². The number of halogens is 1. The van der Waals surface area contributed by atoms with Gasteiger partial charge in [0.05, 0.1) is 0 Å².